The Morgan fingerprint density at radius 2 is 1.17 bits per heavy atom. The largest absolute Gasteiger partial charge is 0.447 e. The summed E-state index contributed by atoms with van der Waals surface area (Å²) < 4.78 is 6.09. The van der Waals surface area contributed by atoms with E-state index in [0.29, 0.717) is 0 Å². The van der Waals surface area contributed by atoms with Gasteiger partial charge in [0.2, 0.25) is 0 Å². The summed E-state index contributed by atoms with van der Waals surface area (Å²) in [6.45, 7) is 15.7. The van der Waals surface area contributed by atoms with E-state index in [0.717, 1.165) is 0 Å². The third-order valence-corrected chi connectivity index (χ3v) is 23.3. The number of rotatable bonds is 3. The van der Waals surface area contributed by atoms with E-state index in [9.17, 15) is 0 Å². The molecule has 0 aliphatic heterocycles. The van der Waals surface area contributed by atoms with Crippen molar-refractivity contribution in [2.24, 2.45) is 0 Å². The molecule has 0 radical (unpaired) electrons. The Morgan fingerprint density at radius 3 is 1.25 bits per heavy atom. The molecule has 74 valence electrons. The summed E-state index contributed by atoms with van der Waals surface area (Å²) in [6.07, 6.45) is 0. The van der Waals surface area contributed by atoms with E-state index in [1.807, 2.05) is 0 Å². The second-order valence-corrected chi connectivity index (χ2v) is 27.2. The molecule has 0 bridgehead atoms. The normalized spacial score (nSPS) is 19.0. The first-order chi connectivity index (χ1) is 4.96. The first kappa shape index (κ1) is 12.9. The summed E-state index contributed by atoms with van der Waals surface area (Å²) in [4.78, 5) is 0. The minimum absolute atomic E-state index is 1.28. The molecule has 0 saturated carbocycles. The molecule has 0 heterocycles. The quantitative estimate of drug-likeness (QED) is 0.542. The third-order valence-electron chi connectivity index (χ3n) is 1.84. The first-order valence-corrected chi connectivity index (χ1v) is 15.7. The average Bonchev–Trinajstić information content (AvgIpc) is 1.52. The van der Waals surface area contributed by atoms with Gasteiger partial charge in [-0.1, -0.05) is 19.6 Å². The lowest BCUT2D eigenvalue weighted by Gasteiger charge is -2.37. The maximum absolute atomic E-state index is 6.51. The van der Waals surface area contributed by atoms with Crippen LogP contribution in [0.4, 0.5) is 0 Å². The standard InChI is InChI=1S/C7H21ClOSi3/c1-10(2,3)9-12(7,8)11(4,5)6/h1-7H3. The fraction of sp³-hybridized carbons (Fsp3) is 1.00. The van der Waals surface area contributed by atoms with E-state index in [-0.39, 0.29) is 0 Å². The van der Waals surface area contributed by atoms with Gasteiger partial charge in [0, 0.05) is 0 Å². The highest BCUT2D eigenvalue weighted by Gasteiger charge is 2.44. The van der Waals surface area contributed by atoms with Gasteiger partial charge < -0.3 is 4.12 Å². The smallest absolute Gasteiger partial charge is 0.259 e. The highest BCUT2D eigenvalue weighted by atomic mass is 35.6. The maximum atomic E-state index is 6.51. The van der Waals surface area contributed by atoms with Gasteiger partial charge in [0.15, 0.2) is 8.32 Å². The van der Waals surface area contributed by atoms with E-state index >= 15 is 0 Å². The van der Waals surface area contributed by atoms with Crippen LogP contribution < -0.4 is 0 Å². The van der Waals surface area contributed by atoms with Crippen LogP contribution in [0.15, 0.2) is 0 Å². The fourth-order valence-corrected chi connectivity index (χ4v) is 14.1. The second kappa shape index (κ2) is 3.57. The molecule has 0 rings (SSSR count). The molecule has 5 heteroatoms. The van der Waals surface area contributed by atoms with E-state index in [1.165, 1.54) is 0 Å². The van der Waals surface area contributed by atoms with Crippen LogP contribution in [0.5, 0.6) is 0 Å². The third kappa shape index (κ3) is 4.23. The van der Waals surface area contributed by atoms with Crippen LogP contribution >= 0.6 is 11.1 Å². The molecule has 0 saturated heterocycles. The molecule has 0 N–H and O–H groups in total. The lowest BCUT2D eigenvalue weighted by atomic mass is 11.8. The summed E-state index contributed by atoms with van der Waals surface area (Å²) in [7, 11) is -4.58. The van der Waals surface area contributed by atoms with Gasteiger partial charge in [0.25, 0.3) is 7.14 Å². The van der Waals surface area contributed by atoms with Crippen LogP contribution in [0, 0.1) is 0 Å². The van der Waals surface area contributed by atoms with Crippen molar-refractivity contribution in [3.8, 4) is 0 Å². The predicted molar refractivity (Wildman–Crippen MR) is 65.2 cm³/mol. The zero-order chi connectivity index (χ0) is 10.2. The molecule has 0 aromatic carbocycles. The Labute approximate surface area is 84.2 Å². The summed E-state index contributed by atoms with van der Waals surface area (Å²) in [5, 5.41) is 0. The molecule has 0 amide bonds. The Balaban J connectivity index is 4.44. The Bertz CT molecular complexity index is 157. The average molecular weight is 241 g/mol. The van der Waals surface area contributed by atoms with Crippen LogP contribution in [0.1, 0.15) is 0 Å². The van der Waals surface area contributed by atoms with Crippen LogP contribution in [0.2, 0.25) is 45.8 Å². The summed E-state index contributed by atoms with van der Waals surface area (Å²) in [5.74, 6) is 0. The lowest BCUT2D eigenvalue weighted by molar-refractivity contribution is 0.583. The predicted octanol–water partition coefficient (Wildman–Crippen LogP) is 3.57. The lowest BCUT2D eigenvalue weighted by Crippen LogP contribution is -2.57. The van der Waals surface area contributed by atoms with Crippen molar-refractivity contribution in [2.45, 2.75) is 45.8 Å². The van der Waals surface area contributed by atoms with Crippen LogP contribution in [0.3, 0.4) is 0 Å². The minimum Gasteiger partial charge on any atom is -0.447 e. The molecule has 0 aliphatic carbocycles. The molecule has 1 atom stereocenters. The molecule has 0 aromatic heterocycles. The zero-order valence-corrected chi connectivity index (χ0v) is 13.0. The highest BCUT2D eigenvalue weighted by molar-refractivity contribution is 7.56. The van der Waals surface area contributed by atoms with Crippen molar-refractivity contribution in [3.05, 3.63) is 0 Å². The molecule has 1 unspecified atom stereocenters. The molecule has 12 heavy (non-hydrogen) atoms. The van der Waals surface area contributed by atoms with Crippen molar-refractivity contribution in [1.29, 1.82) is 0 Å². The van der Waals surface area contributed by atoms with Crippen molar-refractivity contribution in [2.75, 3.05) is 0 Å². The van der Waals surface area contributed by atoms with Gasteiger partial charge in [-0.2, -0.15) is 0 Å². The molecule has 0 aliphatic rings. The van der Waals surface area contributed by atoms with Gasteiger partial charge in [-0.25, -0.2) is 0 Å². The Kier molecular flexibility index (Phi) is 3.84. The van der Waals surface area contributed by atoms with E-state index in [2.05, 4.69) is 45.8 Å². The van der Waals surface area contributed by atoms with E-state index in [4.69, 9.17) is 15.2 Å². The van der Waals surface area contributed by atoms with Crippen LogP contribution in [0.25, 0.3) is 0 Å². The summed E-state index contributed by atoms with van der Waals surface area (Å²) >= 11 is 6.51. The number of hydrogen-bond acceptors (Lipinski definition) is 1. The fourth-order valence-electron chi connectivity index (χ4n) is 0.728. The van der Waals surface area contributed by atoms with Crippen LogP contribution in [-0.2, 0) is 4.12 Å². The van der Waals surface area contributed by atoms with Crippen LogP contribution in [-0.4, -0.2) is 23.1 Å². The van der Waals surface area contributed by atoms with Crippen molar-refractivity contribution in [1.82, 2.24) is 0 Å². The topological polar surface area (TPSA) is 9.23 Å². The van der Waals surface area contributed by atoms with E-state index in [1.54, 1.807) is 0 Å². The summed E-state index contributed by atoms with van der Waals surface area (Å²) in [5.41, 5.74) is 0. The Hall–Kier alpha value is 0.901. The minimum atomic E-state index is -1.87. The van der Waals surface area contributed by atoms with Crippen molar-refractivity contribution < 1.29 is 4.12 Å². The molecular formula is C7H21ClOSi3. The number of hydrogen-bond donors (Lipinski definition) is 0. The molecule has 0 aromatic rings. The molecule has 0 spiro atoms. The molecular weight excluding hydrogens is 220 g/mol. The zero-order valence-electron chi connectivity index (χ0n) is 9.29. The maximum Gasteiger partial charge on any atom is 0.259 e. The van der Waals surface area contributed by atoms with Gasteiger partial charge >= 0.3 is 0 Å². The van der Waals surface area contributed by atoms with E-state index < -0.39 is 23.1 Å². The van der Waals surface area contributed by atoms with Crippen molar-refractivity contribution >= 4 is 34.1 Å². The second-order valence-electron chi connectivity index (χ2n) is 5.38. The van der Waals surface area contributed by atoms with Gasteiger partial charge in [-0.05, 0) is 26.2 Å². The number of halogens is 1. The van der Waals surface area contributed by atoms with Crippen molar-refractivity contribution in [3.63, 3.8) is 0 Å². The van der Waals surface area contributed by atoms with Gasteiger partial charge in [-0.3, -0.25) is 0 Å². The van der Waals surface area contributed by atoms with Gasteiger partial charge in [0.05, 0.1) is 7.59 Å². The van der Waals surface area contributed by atoms with Gasteiger partial charge in [-0.15, -0.1) is 11.1 Å². The Morgan fingerprint density at radius 1 is 0.833 bits per heavy atom. The SMILES string of the molecule is C[Si](C)(C)O[Si](C)(Cl)[Si](C)(C)C. The molecule has 1 nitrogen and oxygen atoms in total. The highest BCUT2D eigenvalue weighted by Crippen LogP contribution is 2.27. The van der Waals surface area contributed by atoms with Gasteiger partial charge in [0.1, 0.15) is 0 Å². The molecule has 0 fully saturated rings. The summed E-state index contributed by atoms with van der Waals surface area (Å²) in [6, 6.07) is 0. The monoisotopic (exact) mass is 240 g/mol. The first-order valence-electron chi connectivity index (χ1n) is 4.35.